The summed E-state index contributed by atoms with van der Waals surface area (Å²) in [6.07, 6.45) is 28.0. The Morgan fingerprint density at radius 1 is 0.306 bits per heavy atom. The van der Waals surface area contributed by atoms with Gasteiger partial charge >= 0.3 is 16.5 Å². The molecule has 0 aromatic heterocycles. The summed E-state index contributed by atoms with van der Waals surface area (Å²) in [4.78, 5) is 0. The molecule has 3 aromatic carbocycles. The van der Waals surface area contributed by atoms with E-state index in [0.29, 0.717) is 0 Å². The van der Waals surface area contributed by atoms with Gasteiger partial charge in [-0.1, -0.05) is 91.0 Å². The van der Waals surface area contributed by atoms with Gasteiger partial charge in [-0.25, -0.2) is 0 Å². The first kappa shape index (κ1) is 30.8. The summed E-state index contributed by atoms with van der Waals surface area (Å²) < 4.78 is 0. The van der Waals surface area contributed by atoms with Crippen LogP contribution in [0.3, 0.4) is 0 Å². The predicted octanol–water partition coefficient (Wildman–Crippen LogP) is 8.20. The van der Waals surface area contributed by atoms with Crippen LogP contribution in [0, 0.1) is 51.4 Å². The molecule has 36 heavy (non-hydrogen) atoms. The van der Waals surface area contributed by atoms with Gasteiger partial charge in [0.1, 0.15) is 0 Å². The van der Waals surface area contributed by atoms with E-state index in [2.05, 4.69) is 142 Å². The van der Waals surface area contributed by atoms with Gasteiger partial charge in [-0.05, 0) is 127 Å². The van der Waals surface area contributed by atoms with Gasteiger partial charge in [0.05, 0.1) is 0 Å². The molecule has 0 unspecified atom stereocenters. The van der Waals surface area contributed by atoms with Crippen molar-refractivity contribution in [1.82, 2.24) is 0 Å². The molecule has 2 saturated carbocycles. The zero-order valence-electron chi connectivity index (χ0n) is 21.2. The molecule has 188 valence electrons. The third kappa shape index (κ3) is 12.7. The van der Waals surface area contributed by atoms with E-state index in [4.69, 9.17) is 0 Å². The Morgan fingerprint density at radius 3 is 0.694 bits per heavy atom. The van der Waals surface area contributed by atoms with Crippen molar-refractivity contribution in [2.24, 2.45) is 0 Å². The first-order valence-corrected chi connectivity index (χ1v) is 14.3. The van der Waals surface area contributed by atoms with Gasteiger partial charge in [0, 0.05) is 0 Å². The van der Waals surface area contributed by atoms with Crippen LogP contribution in [-0.2, 0) is 16.5 Å². The number of benzene rings is 3. The molecule has 5 rings (SSSR count). The topological polar surface area (TPSA) is 0 Å². The van der Waals surface area contributed by atoms with Crippen LogP contribution in [0.4, 0.5) is 0 Å². The van der Waals surface area contributed by atoms with Crippen LogP contribution in [0.25, 0.3) is 0 Å². The smallest absolute Gasteiger partial charge is 0.0622 e. The predicted molar refractivity (Wildman–Crippen MR) is 156 cm³/mol. The van der Waals surface area contributed by atoms with E-state index in [1.807, 2.05) is 0 Å². The van der Waals surface area contributed by atoms with Crippen LogP contribution >= 0.6 is 7.92 Å². The van der Waals surface area contributed by atoms with Crippen molar-refractivity contribution < 1.29 is 16.5 Å². The van der Waals surface area contributed by atoms with Crippen molar-refractivity contribution in [3.8, 4) is 0 Å². The number of hydrogen-bond donors (Lipinski definition) is 0. The molecule has 0 aliphatic heterocycles. The zero-order chi connectivity index (χ0) is 24.2. The SMILES string of the molecule is [CH]1[CH]CC[CH][CH]CC1.[CH]1[CH]CC[CH][CH]CC1.[Ni+2].c1ccc(P(c2ccccc2)c2ccccc2)cc1. The minimum atomic E-state index is -0.446. The third-order valence-electron chi connectivity index (χ3n) is 5.71. The average molecular weight is 537 g/mol. The van der Waals surface area contributed by atoms with E-state index in [1.165, 1.54) is 67.3 Å². The molecule has 0 nitrogen and oxygen atoms in total. The summed E-state index contributed by atoms with van der Waals surface area (Å²) in [6.45, 7) is 0. The molecule has 8 radical (unpaired) electrons. The van der Waals surface area contributed by atoms with Gasteiger partial charge in [0.25, 0.3) is 0 Å². The Bertz CT molecular complexity index is 708. The van der Waals surface area contributed by atoms with Crippen LogP contribution in [-0.4, -0.2) is 0 Å². The molecule has 0 atom stereocenters. The Morgan fingerprint density at radius 2 is 0.500 bits per heavy atom. The molecule has 3 aromatic rings. The van der Waals surface area contributed by atoms with E-state index in [9.17, 15) is 0 Å². The van der Waals surface area contributed by atoms with Crippen molar-refractivity contribution >= 4 is 23.8 Å². The largest absolute Gasteiger partial charge is 2.00 e. The summed E-state index contributed by atoms with van der Waals surface area (Å²) in [6, 6.07) is 32.3. The summed E-state index contributed by atoms with van der Waals surface area (Å²) >= 11 is 0. The fourth-order valence-electron chi connectivity index (χ4n) is 3.89. The molecule has 0 N–H and O–H groups in total. The maximum atomic E-state index is 2.27. The second-order valence-corrected chi connectivity index (χ2v) is 10.8. The average Bonchev–Trinajstić information content (AvgIpc) is 2.86. The number of rotatable bonds is 3. The van der Waals surface area contributed by atoms with Crippen molar-refractivity contribution in [3.05, 3.63) is 142 Å². The maximum absolute atomic E-state index is 2.27. The Labute approximate surface area is 233 Å². The van der Waals surface area contributed by atoms with Gasteiger partial charge in [0.15, 0.2) is 0 Å². The van der Waals surface area contributed by atoms with Crippen LogP contribution in [0.1, 0.15) is 51.4 Å². The maximum Gasteiger partial charge on any atom is 2.00 e. The molecule has 0 saturated heterocycles. The summed E-state index contributed by atoms with van der Waals surface area (Å²) in [5.41, 5.74) is 0. The van der Waals surface area contributed by atoms with Crippen molar-refractivity contribution in [2.75, 3.05) is 0 Å². The van der Waals surface area contributed by atoms with E-state index < -0.39 is 7.92 Å². The molecule has 0 heterocycles. The van der Waals surface area contributed by atoms with E-state index >= 15 is 0 Å². The second kappa shape index (κ2) is 20.6. The summed E-state index contributed by atoms with van der Waals surface area (Å²) in [5, 5.41) is 4.19. The van der Waals surface area contributed by atoms with Crippen LogP contribution in [0.15, 0.2) is 91.0 Å². The fraction of sp³-hybridized carbons (Fsp3) is 0.235. The van der Waals surface area contributed by atoms with E-state index in [-0.39, 0.29) is 16.5 Å². The standard InChI is InChI=1S/C18H15P.2C8H12.Ni/c1-4-10-16(11-5-1)19(17-12-6-2-7-13-17)18-14-8-3-9-15-18;2*1-2-4-6-8-7-5-3-1;/h1-15H;2*1-2,7-8H,3-6H2;/q;;;+2. The van der Waals surface area contributed by atoms with Gasteiger partial charge in [-0.3, -0.25) is 0 Å². The number of hydrogen-bond acceptors (Lipinski definition) is 0. The van der Waals surface area contributed by atoms with Crippen LogP contribution < -0.4 is 15.9 Å². The van der Waals surface area contributed by atoms with E-state index in [0.717, 1.165) is 0 Å². The van der Waals surface area contributed by atoms with Crippen molar-refractivity contribution in [2.45, 2.75) is 51.4 Å². The molecule has 2 aliphatic carbocycles. The molecule has 2 aliphatic rings. The van der Waals surface area contributed by atoms with E-state index in [1.54, 1.807) is 0 Å². The van der Waals surface area contributed by atoms with Gasteiger partial charge in [0.2, 0.25) is 0 Å². The first-order chi connectivity index (χ1) is 17.4. The van der Waals surface area contributed by atoms with Gasteiger partial charge in [-0.2, -0.15) is 0 Å². The zero-order valence-corrected chi connectivity index (χ0v) is 23.1. The molecule has 2 fully saturated rings. The van der Waals surface area contributed by atoms with Crippen LogP contribution in [0.2, 0.25) is 0 Å². The van der Waals surface area contributed by atoms with Crippen molar-refractivity contribution in [1.29, 1.82) is 0 Å². The molecule has 0 spiro atoms. The third-order valence-corrected chi connectivity index (χ3v) is 8.15. The van der Waals surface area contributed by atoms with Crippen molar-refractivity contribution in [3.63, 3.8) is 0 Å². The minimum absolute atomic E-state index is 0. The molecular weight excluding hydrogens is 498 g/mol. The fourth-order valence-corrected chi connectivity index (χ4v) is 6.20. The Hall–Kier alpha value is -1.42. The molecule has 0 amide bonds. The molecule has 2 heteroatoms. The van der Waals surface area contributed by atoms with Gasteiger partial charge < -0.3 is 0 Å². The Kier molecular flexibility index (Phi) is 17.6. The Balaban J connectivity index is 0.000000223. The minimum Gasteiger partial charge on any atom is -0.0622 e. The molecular formula is C34H39NiP+2. The normalized spacial score (nSPS) is 16.2. The quantitative estimate of drug-likeness (QED) is 0.234. The monoisotopic (exact) mass is 536 g/mol. The molecule has 0 bridgehead atoms. The van der Waals surface area contributed by atoms with Gasteiger partial charge in [-0.15, -0.1) is 0 Å². The second-order valence-electron chi connectivity index (χ2n) is 8.54. The van der Waals surface area contributed by atoms with Crippen LogP contribution in [0.5, 0.6) is 0 Å². The first-order valence-electron chi connectivity index (χ1n) is 13.0. The summed E-state index contributed by atoms with van der Waals surface area (Å²) in [7, 11) is -0.446. The summed E-state index contributed by atoms with van der Waals surface area (Å²) in [5.74, 6) is 0.